The largest absolute Gasteiger partial charge is 0.303 e. The van der Waals surface area contributed by atoms with Crippen molar-refractivity contribution in [1.82, 2.24) is 14.5 Å². The Hall–Kier alpha value is -1.98. The van der Waals surface area contributed by atoms with Crippen LogP contribution in [0.15, 0.2) is 45.7 Å². The summed E-state index contributed by atoms with van der Waals surface area (Å²) in [6.45, 7) is 5.97. The molecule has 3 aromatic rings. The molecule has 2 aliphatic heterocycles. The summed E-state index contributed by atoms with van der Waals surface area (Å²) in [5, 5.41) is 0.689. The molecule has 3 aliphatic rings. The van der Waals surface area contributed by atoms with Gasteiger partial charge in [-0.25, -0.2) is 0 Å². The quantitative estimate of drug-likeness (QED) is 0.328. The highest BCUT2D eigenvalue weighted by molar-refractivity contribution is 9.10. The van der Waals surface area contributed by atoms with Crippen molar-refractivity contribution < 1.29 is 0 Å². The standard InChI is InChI=1S/C30H36BrN3O/c1-2-3-7-17-33-18-13-21(14-19-33)22-11-12-25-23(20-22)30(15-5-4-6-16-30)29-32-28(35)27-24(31)9-8-10-26(27)34(25)29/h8-12,20-21H,2-7,13-19H2,1H3. The Balaban J connectivity index is 1.40. The maximum absolute atomic E-state index is 13.2. The molecule has 3 heterocycles. The predicted octanol–water partition coefficient (Wildman–Crippen LogP) is 7.08. The van der Waals surface area contributed by atoms with Crippen molar-refractivity contribution in [2.45, 2.75) is 82.5 Å². The molecule has 0 radical (unpaired) electrons. The molecule has 0 atom stereocenters. The maximum atomic E-state index is 13.2. The number of hydrogen-bond acceptors (Lipinski definition) is 3. The van der Waals surface area contributed by atoms with Crippen molar-refractivity contribution in [3.05, 3.63) is 68.2 Å². The molecular weight excluding hydrogens is 498 g/mol. The summed E-state index contributed by atoms with van der Waals surface area (Å²) in [4.78, 5) is 20.7. The first-order chi connectivity index (χ1) is 17.1. The molecule has 5 heteroatoms. The molecule has 0 unspecified atom stereocenters. The van der Waals surface area contributed by atoms with Gasteiger partial charge in [0.25, 0.3) is 5.56 Å². The zero-order chi connectivity index (χ0) is 24.0. The van der Waals surface area contributed by atoms with E-state index in [-0.39, 0.29) is 11.0 Å². The second kappa shape index (κ2) is 9.48. The minimum absolute atomic E-state index is 0.104. The topological polar surface area (TPSA) is 38.1 Å². The smallest absolute Gasteiger partial charge is 0.281 e. The van der Waals surface area contributed by atoms with Crippen LogP contribution in [0.3, 0.4) is 0 Å². The number of benzene rings is 2. The van der Waals surface area contributed by atoms with E-state index in [0.29, 0.717) is 11.3 Å². The third-order valence-electron chi connectivity index (χ3n) is 8.91. The third kappa shape index (κ3) is 3.90. The number of nitrogens with zero attached hydrogens (tertiary/aromatic N) is 3. The molecular formula is C30H36BrN3O. The normalized spacial score (nSPS) is 19.8. The van der Waals surface area contributed by atoms with Gasteiger partial charge in [0.1, 0.15) is 5.82 Å². The van der Waals surface area contributed by atoms with Gasteiger partial charge in [0.05, 0.1) is 22.0 Å². The highest BCUT2D eigenvalue weighted by atomic mass is 79.9. The Labute approximate surface area is 216 Å². The second-order valence-electron chi connectivity index (χ2n) is 11.0. The van der Waals surface area contributed by atoms with Gasteiger partial charge in [-0.2, -0.15) is 4.98 Å². The van der Waals surface area contributed by atoms with Gasteiger partial charge in [-0.05, 0) is 103 Å². The van der Waals surface area contributed by atoms with Crippen molar-refractivity contribution in [2.75, 3.05) is 19.6 Å². The summed E-state index contributed by atoms with van der Waals surface area (Å²) in [5.41, 5.74) is 4.89. The van der Waals surface area contributed by atoms with Crippen LogP contribution >= 0.6 is 15.9 Å². The molecule has 1 aliphatic carbocycles. The fourth-order valence-corrected chi connectivity index (χ4v) is 7.55. The van der Waals surface area contributed by atoms with E-state index in [1.54, 1.807) is 0 Å². The fourth-order valence-electron chi connectivity index (χ4n) is 7.02. The minimum Gasteiger partial charge on any atom is -0.303 e. The molecule has 35 heavy (non-hydrogen) atoms. The summed E-state index contributed by atoms with van der Waals surface area (Å²) >= 11 is 3.61. The predicted molar refractivity (Wildman–Crippen MR) is 147 cm³/mol. The summed E-state index contributed by atoms with van der Waals surface area (Å²) in [7, 11) is 0. The van der Waals surface area contributed by atoms with E-state index in [9.17, 15) is 4.79 Å². The van der Waals surface area contributed by atoms with E-state index in [1.807, 2.05) is 12.1 Å². The average molecular weight is 535 g/mol. The molecule has 2 fully saturated rings. The Morgan fingerprint density at radius 1 is 1.06 bits per heavy atom. The number of rotatable bonds is 5. The van der Waals surface area contributed by atoms with Gasteiger partial charge >= 0.3 is 0 Å². The molecule has 1 spiro atoms. The lowest BCUT2D eigenvalue weighted by Gasteiger charge is -2.35. The monoisotopic (exact) mass is 533 g/mol. The Kier molecular flexibility index (Phi) is 6.34. The Morgan fingerprint density at radius 2 is 1.86 bits per heavy atom. The molecule has 2 aromatic carbocycles. The maximum Gasteiger partial charge on any atom is 0.281 e. The van der Waals surface area contributed by atoms with Crippen molar-refractivity contribution >= 4 is 26.8 Å². The molecule has 1 saturated heterocycles. The number of piperidine rings is 1. The van der Waals surface area contributed by atoms with Crippen LogP contribution in [-0.4, -0.2) is 34.1 Å². The van der Waals surface area contributed by atoms with E-state index < -0.39 is 0 Å². The zero-order valence-electron chi connectivity index (χ0n) is 20.9. The first kappa shape index (κ1) is 23.4. The van der Waals surface area contributed by atoms with Crippen molar-refractivity contribution in [3.63, 3.8) is 0 Å². The second-order valence-corrected chi connectivity index (χ2v) is 11.8. The Bertz CT molecular complexity index is 1300. The van der Waals surface area contributed by atoms with E-state index in [0.717, 1.165) is 28.7 Å². The third-order valence-corrected chi connectivity index (χ3v) is 9.58. The van der Waals surface area contributed by atoms with Crippen LogP contribution < -0.4 is 5.56 Å². The number of fused-ring (bicyclic) bond motifs is 7. The van der Waals surface area contributed by atoms with E-state index in [4.69, 9.17) is 4.98 Å². The van der Waals surface area contributed by atoms with Crippen LogP contribution in [0.1, 0.15) is 94.0 Å². The van der Waals surface area contributed by atoms with Crippen molar-refractivity contribution in [2.24, 2.45) is 0 Å². The molecule has 1 saturated carbocycles. The van der Waals surface area contributed by atoms with Crippen molar-refractivity contribution in [3.8, 4) is 5.69 Å². The van der Waals surface area contributed by atoms with E-state index >= 15 is 0 Å². The number of halogens is 1. The van der Waals surface area contributed by atoms with Crippen LogP contribution in [0.25, 0.3) is 16.6 Å². The van der Waals surface area contributed by atoms with Gasteiger partial charge in [-0.15, -0.1) is 0 Å². The van der Waals surface area contributed by atoms with Gasteiger partial charge in [0.2, 0.25) is 0 Å². The number of aromatic nitrogens is 2. The average Bonchev–Trinajstić information content (AvgIpc) is 3.13. The van der Waals surface area contributed by atoms with E-state index in [2.05, 4.69) is 56.6 Å². The SMILES string of the molecule is CCCCCN1CCC(c2ccc3c(c2)C2(CCCCC2)c2nc(=O)c4c(Br)cccc4n2-3)CC1. The molecule has 0 amide bonds. The van der Waals surface area contributed by atoms with Crippen LogP contribution in [0, 0.1) is 0 Å². The van der Waals surface area contributed by atoms with E-state index in [1.165, 1.54) is 87.8 Å². The number of hydrogen-bond donors (Lipinski definition) is 0. The highest BCUT2D eigenvalue weighted by Crippen LogP contribution is 2.52. The molecule has 6 rings (SSSR count). The molecule has 1 aromatic heterocycles. The summed E-state index contributed by atoms with van der Waals surface area (Å²) in [6, 6.07) is 13.3. The number of unbranched alkanes of at least 4 members (excludes halogenated alkanes) is 2. The first-order valence-electron chi connectivity index (χ1n) is 13.7. The van der Waals surface area contributed by atoms with Gasteiger partial charge in [-0.1, -0.05) is 57.2 Å². The van der Waals surface area contributed by atoms with Crippen LogP contribution in [-0.2, 0) is 5.41 Å². The lowest BCUT2D eigenvalue weighted by atomic mass is 9.69. The fraction of sp³-hybridized carbons (Fsp3) is 0.533. The minimum atomic E-state index is -0.125. The lowest BCUT2D eigenvalue weighted by Crippen LogP contribution is -2.34. The van der Waals surface area contributed by atoms with Crippen LogP contribution in [0.2, 0.25) is 0 Å². The van der Waals surface area contributed by atoms with Crippen LogP contribution in [0.5, 0.6) is 0 Å². The van der Waals surface area contributed by atoms with Crippen molar-refractivity contribution in [1.29, 1.82) is 0 Å². The van der Waals surface area contributed by atoms with Gasteiger partial charge in [-0.3, -0.25) is 9.36 Å². The highest BCUT2D eigenvalue weighted by Gasteiger charge is 2.46. The summed E-state index contributed by atoms with van der Waals surface area (Å²) in [6.07, 6.45) is 12.3. The summed E-state index contributed by atoms with van der Waals surface area (Å²) in [5.74, 6) is 1.61. The molecule has 0 bridgehead atoms. The van der Waals surface area contributed by atoms with Gasteiger partial charge in [0, 0.05) is 4.47 Å². The molecule has 4 nitrogen and oxygen atoms in total. The number of likely N-dealkylation sites (tertiary alicyclic amines) is 1. The zero-order valence-corrected chi connectivity index (χ0v) is 22.4. The van der Waals surface area contributed by atoms with Gasteiger partial charge in [0.15, 0.2) is 0 Å². The van der Waals surface area contributed by atoms with Gasteiger partial charge < -0.3 is 4.90 Å². The summed E-state index contributed by atoms with van der Waals surface area (Å²) < 4.78 is 3.14. The molecule has 0 N–H and O–H groups in total. The van der Waals surface area contributed by atoms with Crippen LogP contribution in [0.4, 0.5) is 0 Å². The lowest BCUT2D eigenvalue weighted by molar-refractivity contribution is 0.208. The Morgan fingerprint density at radius 3 is 2.63 bits per heavy atom. The first-order valence-corrected chi connectivity index (χ1v) is 14.5. The molecule has 184 valence electrons.